The van der Waals surface area contributed by atoms with Gasteiger partial charge in [0, 0.05) is 38.6 Å². The van der Waals surface area contributed by atoms with Crippen LogP contribution in [0, 0.1) is 0 Å². The van der Waals surface area contributed by atoms with E-state index < -0.39 is 12.1 Å². The summed E-state index contributed by atoms with van der Waals surface area (Å²) in [7, 11) is 1.98. The summed E-state index contributed by atoms with van der Waals surface area (Å²) in [6, 6.07) is 2.75. The number of piperazine rings is 2. The number of fused-ring (bicyclic) bond motifs is 1. The van der Waals surface area contributed by atoms with Crippen LogP contribution in [0.15, 0.2) is 24.5 Å². The SMILES string of the molecule is CN1CCN2C(=O)C(COC(C)(C)C)N(Cc3ccncc3)C(=O)C2C1. The highest BCUT2D eigenvalue weighted by Crippen LogP contribution is 2.25. The first-order valence-corrected chi connectivity index (χ1v) is 9.08. The van der Waals surface area contributed by atoms with Crippen molar-refractivity contribution in [1.82, 2.24) is 19.7 Å². The molecule has 2 amide bonds. The summed E-state index contributed by atoms with van der Waals surface area (Å²) in [5.74, 6) is -0.0172. The molecule has 0 aliphatic carbocycles. The van der Waals surface area contributed by atoms with Gasteiger partial charge in [-0.05, 0) is 45.5 Å². The van der Waals surface area contributed by atoms with Crippen LogP contribution in [0.25, 0.3) is 0 Å². The zero-order valence-corrected chi connectivity index (χ0v) is 16.0. The molecule has 2 fully saturated rings. The van der Waals surface area contributed by atoms with Gasteiger partial charge in [0.1, 0.15) is 12.1 Å². The second kappa shape index (κ2) is 7.32. The zero-order chi connectivity index (χ0) is 18.9. The number of likely N-dealkylation sites (N-methyl/N-ethyl adjacent to an activating group) is 1. The van der Waals surface area contributed by atoms with E-state index in [9.17, 15) is 9.59 Å². The molecular weight excluding hydrogens is 332 g/mol. The Kier molecular flexibility index (Phi) is 5.29. The molecule has 7 heteroatoms. The summed E-state index contributed by atoms with van der Waals surface area (Å²) in [6.45, 7) is 8.39. The minimum absolute atomic E-state index is 0.00419. The molecule has 0 spiro atoms. The Bertz CT molecular complexity index is 658. The van der Waals surface area contributed by atoms with Crippen LogP contribution in [0.2, 0.25) is 0 Å². The van der Waals surface area contributed by atoms with Gasteiger partial charge in [0.25, 0.3) is 0 Å². The van der Waals surface area contributed by atoms with Gasteiger partial charge < -0.3 is 19.4 Å². The molecule has 3 rings (SSSR count). The molecule has 3 heterocycles. The molecule has 2 saturated heterocycles. The van der Waals surface area contributed by atoms with Crippen molar-refractivity contribution in [2.24, 2.45) is 0 Å². The maximum absolute atomic E-state index is 13.2. The predicted molar refractivity (Wildman–Crippen MR) is 97.3 cm³/mol. The van der Waals surface area contributed by atoms with Gasteiger partial charge in [-0.1, -0.05) is 0 Å². The minimum Gasteiger partial charge on any atom is -0.373 e. The van der Waals surface area contributed by atoms with Crippen molar-refractivity contribution < 1.29 is 14.3 Å². The Morgan fingerprint density at radius 1 is 1.15 bits per heavy atom. The van der Waals surface area contributed by atoms with Crippen LogP contribution in [0.4, 0.5) is 0 Å². The van der Waals surface area contributed by atoms with Crippen LogP contribution in [0.3, 0.4) is 0 Å². The van der Waals surface area contributed by atoms with Crippen molar-refractivity contribution >= 4 is 11.8 Å². The predicted octanol–water partition coefficient (Wildman–Crippen LogP) is 0.750. The fourth-order valence-corrected chi connectivity index (χ4v) is 3.43. The summed E-state index contributed by atoms with van der Waals surface area (Å²) in [6.07, 6.45) is 3.40. The molecule has 142 valence electrons. The number of hydrogen-bond acceptors (Lipinski definition) is 5. The molecular formula is C19H28N4O3. The molecule has 2 aliphatic rings. The molecule has 0 N–H and O–H groups in total. The highest BCUT2D eigenvalue weighted by molar-refractivity contribution is 5.97. The summed E-state index contributed by atoms with van der Waals surface area (Å²) >= 11 is 0. The van der Waals surface area contributed by atoms with Gasteiger partial charge >= 0.3 is 0 Å². The lowest BCUT2D eigenvalue weighted by atomic mass is 10.0. The van der Waals surface area contributed by atoms with E-state index >= 15 is 0 Å². The number of hydrogen-bond donors (Lipinski definition) is 0. The molecule has 0 saturated carbocycles. The summed E-state index contributed by atoms with van der Waals surface area (Å²) in [5, 5.41) is 0. The van der Waals surface area contributed by atoms with Gasteiger partial charge in [0.15, 0.2) is 0 Å². The maximum Gasteiger partial charge on any atom is 0.248 e. The first kappa shape index (κ1) is 18.8. The molecule has 26 heavy (non-hydrogen) atoms. The third kappa shape index (κ3) is 4.04. The van der Waals surface area contributed by atoms with Crippen LogP contribution in [0.5, 0.6) is 0 Å². The van der Waals surface area contributed by atoms with Gasteiger partial charge in [-0.3, -0.25) is 14.6 Å². The second-order valence-electron chi connectivity index (χ2n) is 8.07. The molecule has 0 radical (unpaired) electrons. The smallest absolute Gasteiger partial charge is 0.248 e. The molecule has 1 aromatic rings. The second-order valence-corrected chi connectivity index (χ2v) is 8.07. The van der Waals surface area contributed by atoms with E-state index in [4.69, 9.17) is 4.74 Å². The Morgan fingerprint density at radius 3 is 2.50 bits per heavy atom. The molecule has 2 unspecified atom stereocenters. The van der Waals surface area contributed by atoms with E-state index in [0.717, 1.165) is 12.1 Å². The highest BCUT2D eigenvalue weighted by atomic mass is 16.5. The van der Waals surface area contributed by atoms with E-state index in [1.54, 1.807) is 22.2 Å². The first-order chi connectivity index (χ1) is 12.3. The quantitative estimate of drug-likeness (QED) is 0.793. The Hall–Kier alpha value is -1.99. The topological polar surface area (TPSA) is 66.0 Å². The summed E-state index contributed by atoms with van der Waals surface area (Å²) in [5.41, 5.74) is 0.587. The monoisotopic (exact) mass is 360 g/mol. The first-order valence-electron chi connectivity index (χ1n) is 9.08. The fraction of sp³-hybridized carbons (Fsp3) is 0.632. The van der Waals surface area contributed by atoms with Gasteiger partial charge in [-0.2, -0.15) is 0 Å². The Morgan fingerprint density at radius 2 is 1.85 bits per heavy atom. The number of carbonyl (C=O) groups excluding carboxylic acids is 2. The van der Waals surface area contributed by atoms with Gasteiger partial charge in [0.2, 0.25) is 11.8 Å². The van der Waals surface area contributed by atoms with Crippen molar-refractivity contribution in [2.75, 3.05) is 33.3 Å². The van der Waals surface area contributed by atoms with Crippen LogP contribution in [0.1, 0.15) is 26.3 Å². The van der Waals surface area contributed by atoms with E-state index in [1.807, 2.05) is 40.0 Å². The van der Waals surface area contributed by atoms with Crippen molar-refractivity contribution in [3.05, 3.63) is 30.1 Å². The number of carbonyl (C=O) groups is 2. The van der Waals surface area contributed by atoms with E-state index in [0.29, 0.717) is 19.6 Å². The molecule has 0 aromatic carbocycles. The lowest BCUT2D eigenvalue weighted by Crippen LogP contribution is -2.70. The highest BCUT2D eigenvalue weighted by Gasteiger charge is 2.47. The van der Waals surface area contributed by atoms with Crippen molar-refractivity contribution in [2.45, 2.75) is 45.0 Å². The average molecular weight is 360 g/mol. The largest absolute Gasteiger partial charge is 0.373 e. The average Bonchev–Trinajstić information content (AvgIpc) is 2.59. The normalized spacial score (nSPS) is 24.8. The van der Waals surface area contributed by atoms with Crippen LogP contribution in [-0.2, 0) is 20.9 Å². The van der Waals surface area contributed by atoms with Crippen LogP contribution < -0.4 is 0 Å². The van der Waals surface area contributed by atoms with Crippen molar-refractivity contribution in [3.8, 4) is 0 Å². The van der Waals surface area contributed by atoms with Gasteiger partial charge in [-0.15, -0.1) is 0 Å². The van der Waals surface area contributed by atoms with Crippen molar-refractivity contribution in [1.29, 1.82) is 0 Å². The lowest BCUT2D eigenvalue weighted by Gasteiger charge is -2.49. The molecule has 0 bridgehead atoms. The van der Waals surface area contributed by atoms with Crippen molar-refractivity contribution in [3.63, 3.8) is 0 Å². The molecule has 2 aliphatic heterocycles. The molecule has 7 nitrogen and oxygen atoms in total. The number of rotatable bonds is 4. The standard InChI is InChI=1S/C19H28N4O3/c1-19(2,3)26-13-16-18(25)22-10-9-21(4)12-15(22)17(24)23(16)11-14-5-7-20-8-6-14/h5-8,15-16H,9-13H2,1-4H3. The number of pyridine rings is 1. The summed E-state index contributed by atoms with van der Waals surface area (Å²) in [4.78, 5) is 35.9. The number of amides is 2. The lowest BCUT2D eigenvalue weighted by molar-refractivity contribution is -0.171. The molecule has 2 atom stereocenters. The van der Waals surface area contributed by atoms with E-state index in [1.165, 1.54) is 0 Å². The van der Waals surface area contributed by atoms with Crippen LogP contribution >= 0.6 is 0 Å². The number of ether oxygens (including phenoxy) is 1. The van der Waals surface area contributed by atoms with E-state index in [-0.39, 0.29) is 24.0 Å². The fourth-order valence-electron chi connectivity index (χ4n) is 3.43. The zero-order valence-electron chi connectivity index (χ0n) is 16.0. The van der Waals surface area contributed by atoms with E-state index in [2.05, 4.69) is 9.88 Å². The third-order valence-corrected chi connectivity index (χ3v) is 4.87. The number of nitrogens with zero attached hydrogens (tertiary/aromatic N) is 4. The minimum atomic E-state index is -0.588. The Labute approximate surface area is 154 Å². The maximum atomic E-state index is 13.2. The number of aromatic nitrogens is 1. The summed E-state index contributed by atoms with van der Waals surface area (Å²) < 4.78 is 5.89. The Balaban J connectivity index is 1.86. The third-order valence-electron chi connectivity index (χ3n) is 4.87. The molecule has 1 aromatic heterocycles. The van der Waals surface area contributed by atoms with Gasteiger partial charge in [0.05, 0.1) is 12.2 Å². The van der Waals surface area contributed by atoms with Gasteiger partial charge in [-0.25, -0.2) is 0 Å². The van der Waals surface area contributed by atoms with Crippen LogP contribution in [-0.4, -0.2) is 82.5 Å².